The molecular formula is C14H12F3N3O2S. The Morgan fingerprint density at radius 1 is 1.43 bits per heavy atom. The van der Waals surface area contributed by atoms with E-state index in [-0.39, 0.29) is 6.42 Å². The maximum Gasteiger partial charge on any atom is 0.490 e. The molecule has 2 N–H and O–H groups in total. The maximum atomic E-state index is 12.2. The number of hydrogen-bond donors (Lipinski definition) is 1. The lowest BCUT2D eigenvalue weighted by Crippen LogP contribution is -2.30. The molecule has 3 rings (SSSR count). The number of allylic oxidation sites excluding steroid dienone is 1. The van der Waals surface area contributed by atoms with E-state index in [4.69, 9.17) is 5.73 Å². The van der Waals surface area contributed by atoms with Gasteiger partial charge < -0.3 is 10.5 Å². The molecule has 0 saturated carbocycles. The molecule has 1 atom stereocenters. The van der Waals surface area contributed by atoms with Gasteiger partial charge in [-0.3, -0.25) is 4.98 Å². The fraction of sp³-hybridized carbons (Fsp3) is 0.357. The summed E-state index contributed by atoms with van der Waals surface area (Å²) in [5, 5.41) is 0.454. The highest BCUT2D eigenvalue weighted by atomic mass is 32.1. The lowest BCUT2D eigenvalue weighted by Gasteiger charge is -2.22. The third-order valence-electron chi connectivity index (χ3n) is 3.49. The van der Waals surface area contributed by atoms with Crippen molar-refractivity contribution in [3.05, 3.63) is 24.0 Å². The summed E-state index contributed by atoms with van der Waals surface area (Å²) in [4.78, 5) is 19.3. The molecule has 1 aliphatic rings. The lowest BCUT2D eigenvalue weighted by molar-refractivity contribution is -0.205. The van der Waals surface area contributed by atoms with Gasteiger partial charge in [0.2, 0.25) is 0 Å². The Morgan fingerprint density at radius 3 is 2.87 bits per heavy atom. The molecule has 1 unspecified atom stereocenters. The zero-order valence-corrected chi connectivity index (χ0v) is 12.6. The Kier molecular flexibility index (Phi) is 3.97. The van der Waals surface area contributed by atoms with E-state index in [1.165, 1.54) is 11.3 Å². The number of halogens is 3. The summed E-state index contributed by atoms with van der Waals surface area (Å²) in [7, 11) is 0. The third kappa shape index (κ3) is 3.44. The number of thiazole rings is 1. The molecule has 0 saturated heterocycles. The van der Waals surface area contributed by atoms with Crippen LogP contribution in [0.3, 0.4) is 0 Å². The SMILES string of the molecule is Nc1nc2cnc(C3=CCC(OC(=O)C(F)(F)F)CC3)cc2s1. The summed E-state index contributed by atoms with van der Waals surface area (Å²) in [5.74, 6) is -2.14. The zero-order chi connectivity index (χ0) is 16.6. The van der Waals surface area contributed by atoms with Gasteiger partial charge in [-0.05, 0) is 24.5 Å². The first kappa shape index (κ1) is 15.7. The fourth-order valence-electron chi connectivity index (χ4n) is 2.39. The minimum atomic E-state index is -4.96. The first-order valence-corrected chi connectivity index (χ1v) is 7.64. The molecule has 0 spiro atoms. The number of nitrogens with zero attached hydrogens (tertiary/aromatic N) is 2. The van der Waals surface area contributed by atoms with Crippen molar-refractivity contribution in [1.82, 2.24) is 9.97 Å². The summed E-state index contributed by atoms with van der Waals surface area (Å²) in [6.07, 6.45) is -1.27. The number of carbonyl (C=O) groups excluding carboxylic acids is 1. The van der Waals surface area contributed by atoms with Crippen molar-refractivity contribution in [1.29, 1.82) is 0 Å². The molecule has 0 amide bonds. The summed E-state index contributed by atoms with van der Waals surface area (Å²) in [6, 6.07) is 1.86. The number of pyridine rings is 1. The number of ether oxygens (including phenoxy) is 1. The van der Waals surface area contributed by atoms with Gasteiger partial charge in [0.1, 0.15) is 11.6 Å². The molecular weight excluding hydrogens is 331 g/mol. The molecule has 2 heterocycles. The van der Waals surface area contributed by atoms with Crippen LogP contribution in [0.5, 0.6) is 0 Å². The van der Waals surface area contributed by atoms with Crippen LogP contribution in [-0.2, 0) is 9.53 Å². The van der Waals surface area contributed by atoms with Crippen LogP contribution in [0.4, 0.5) is 18.3 Å². The molecule has 23 heavy (non-hydrogen) atoms. The standard InChI is InChI=1S/C14H12F3N3O2S/c15-14(16,17)12(21)22-8-3-1-7(2-4-8)9-5-11-10(6-19-9)20-13(18)23-11/h1,5-6,8H,2-4H2,(H2,18,20). The van der Waals surface area contributed by atoms with Gasteiger partial charge in [-0.2, -0.15) is 13.2 Å². The number of esters is 1. The number of nitrogens with two attached hydrogens (primary N) is 1. The maximum absolute atomic E-state index is 12.2. The van der Waals surface area contributed by atoms with E-state index in [0.29, 0.717) is 23.5 Å². The molecule has 0 radical (unpaired) electrons. The number of alkyl halides is 3. The fourth-order valence-corrected chi connectivity index (χ4v) is 3.14. The number of anilines is 1. The van der Waals surface area contributed by atoms with Crippen LogP contribution in [0, 0.1) is 0 Å². The van der Waals surface area contributed by atoms with Gasteiger partial charge in [0.25, 0.3) is 0 Å². The van der Waals surface area contributed by atoms with Crippen LogP contribution in [0.1, 0.15) is 25.0 Å². The van der Waals surface area contributed by atoms with E-state index in [0.717, 1.165) is 16.0 Å². The lowest BCUT2D eigenvalue weighted by atomic mass is 9.94. The van der Waals surface area contributed by atoms with Crippen LogP contribution in [-0.4, -0.2) is 28.2 Å². The van der Waals surface area contributed by atoms with Crippen molar-refractivity contribution in [3.63, 3.8) is 0 Å². The average Bonchev–Trinajstić information content (AvgIpc) is 2.86. The van der Waals surface area contributed by atoms with Crippen LogP contribution >= 0.6 is 11.3 Å². The first-order valence-electron chi connectivity index (χ1n) is 6.82. The first-order chi connectivity index (χ1) is 10.8. The van der Waals surface area contributed by atoms with Gasteiger partial charge >= 0.3 is 12.1 Å². The molecule has 0 fully saturated rings. The van der Waals surface area contributed by atoms with Crippen molar-refractivity contribution in [2.75, 3.05) is 5.73 Å². The van der Waals surface area contributed by atoms with E-state index in [2.05, 4.69) is 14.7 Å². The quantitative estimate of drug-likeness (QED) is 0.847. The monoisotopic (exact) mass is 343 g/mol. The second kappa shape index (κ2) is 5.80. The second-order valence-corrected chi connectivity index (χ2v) is 6.18. The number of nitrogen functional groups attached to an aromatic ring is 1. The number of carbonyl (C=O) groups is 1. The second-order valence-electron chi connectivity index (χ2n) is 5.12. The van der Waals surface area contributed by atoms with Crippen molar-refractivity contribution in [3.8, 4) is 0 Å². The Balaban J connectivity index is 1.71. The molecule has 1 aliphatic carbocycles. The molecule has 2 aromatic rings. The molecule has 0 aromatic carbocycles. The molecule has 0 aliphatic heterocycles. The molecule has 9 heteroatoms. The highest BCUT2D eigenvalue weighted by Crippen LogP contribution is 2.31. The summed E-state index contributed by atoms with van der Waals surface area (Å²) in [6.45, 7) is 0. The van der Waals surface area contributed by atoms with Gasteiger partial charge in [-0.25, -0.2) is 9.78 Å². The van der Waals surface area contributed by atoms with Crippen molar-refractivity contribution in [2.45, 2.75) is 31.5 Å². The molecule has 5 nitrogen and oxygen atoms in total. The number of hydrogen-bond acceptors (Lipinski definition) is 6. The zero-order valence-electron chi connectivity index (χ0n) is 11.8. The number of fused-ring (bicyclic) bond motifs is 1. The topological polar surface area (TPSA) is 78.1 Å². The van der Waals surface area contributed by atoms with Crippen molar-refractivity contribution < 1.29 is 22.7 Å². The smallest absolute Gasteiger partial charge is 0.455 e. The highest BCUT2D eigenvalue weighted by Gasteiger charge is 2.42. The van der Waals surface area contributed by atoms with Gasteiger partial charge in [-0.15, -0.1) is 0 Å². The summed E-state index contributed by atoms with van der Waals surface area (Å²) < 4.78 is 41.9. The molecule has 122 valence electrons. The molecule has 2 aromatic heterocycles. The van der Waals surface area contributed by atoms with Crippen LogP contribution in [0.15, 0.2) is 18.3 Å². The van der Waals surface area contributed by atoms with Crippen LogP contribution in [0.2, 0.25) is 0 Å². The number of aromatic nitrogens is 2. The van der Waals surface area contributed by atoms with Crippen molar-refractivity contribution >= 4 is 38.2 Å². The Hall–Kier alpha value is -2.16. The van der Waals surface area contributed by atoms with E-state index >= 15 is 0 Å². The highest BCUT2D eigenvalue weighted by molar-refractivity contribution is 7.22. The van der Waals surface area contributed by atoms with E-state index in [1.807, 2.05) is 6.07 Å². The predicted octanol–water partition coefficient (Wildman–Crippen LogP) is 3.31. The van der Waals surface area contributed by atoms with E-state index in [9.17, 15) is 18.0 Å². The van der Waals surface area contributed by atoms with E-state index < -0.39 is 18.2 Å². The van der Waals surface area contributed by atoms with Gasteiger partial charge in [0.05, 0.1) is 16.6 Å². The largest absolute Gasteiger partial charge is 0.490 e. The Labute approximate surface area is 133 Å². The van der Waals surface area contributed by atoms with Gasteiger partial charge in [0, 0.05) is 6.42 Å². The minimum absolute atomic E-state index is 0.238. The van der Waals surface area contributed by atoms with Gasteiger partial charge in [0.15, 0.2) is 5.13 Å². The van der Waals surface area contributed by atoms with Crippen molar-refractivity contribution in [2.24, 2.45) is 0 Å². The summed E-state index contributed by atoms with van der Waals surface area (Å²) >= 11 is 1.35. The number of rotatable bonds is 2. The van der Waals surface area contributed by atoms with Crippen LogP contribution < -0.4 is 5.73 Å². The average molecular weight is 343 g/mol. The predicted molar refractivity (Wildman–Crippen MR) is 79.6 cm³/mol. The third-order valence-corrected chi connectivity index (χ3v) is 4.34. The Morgan fingerprint density at radius 2 is 2.22 bits per heavy atom. The Bertz CT molecular complexity index is 785. The normalized spacial score (nSPS) is 18.7. The van der Waals surface area contributed by atoms with Crippen LogP contribution in [0.25, 0.3) is 15.8 Å². The molecule has 0 bridgehead atoms. The van der Waals surface area contributed by atoms with Gasteiger partial charge in [-0.1, -0.05) is 17.4 Å². The minimum Gasteiger partial charge on any atom is -0.455 e. The summed E-state index contributed by atoms with van der Waals surface area (Å²) in [5.41, 5.74) is 8.01. The van der Waals surface area contributed by atoms with E-state index in [1.54, 1.807) is 12.3 Å².